The van der Waals surface area contributed by atoms with Crippen molar-refractivity contribution in [1.29, 1.82) is 0 Å². The van der Waals surface area contributed by atoms with Gasteiger partial charge in [0.1, 0.15) is 0 Å². The number of rotatable bonds is 8. The van der Waals surface area contributed by atoms with Crippen molar-refractivity contribution in [2.75, 3.05) is 66.4 Å². The molecule has 2 aromatic carbocycles. The summed E-state index contributed by atoms with van der Waals surface area (Å²) in [6.45, 7) is 0. The Labute approximate surface area is 245 Å². The van der Waals surface area contributed by atoms with Gasteiger partial charge < -0.3 is 38.7 Å². The smallest absolute Gasteiger partial charge is 0.540 e. The van der Waals surface area contributed by atoms with E-state index in [1.54, 1.807) is 40.8 Å². The molecule has 0 atom stereocenters. The fourth-order valence-corrected chi connectivity index (χ4v) is 3.55. The van der Waals surface area contributed by atoms with Gasteiger partial charge in [0.05, 0.1) is 28.4 Å². The number of hydrogen-bond acceptors (Lipinski definition) is 8. The fourth-order valence-electron chi connectivity index (χ4n) is 3.55. The van der Waals surface area contributed by atoms with E-state index in [0.29, 0.717) is 11.5 Å². The molecular weight excluding hydrogens is 675 g/mol. The van der Waals surface area contributed by atoms with Crippen molar-refractivity contribution in [1.82, 2.24) is 9.97 Å². The standard InChI is InChI=1S/2C15H17N2O2.Pt/c2*1-17(2)11-7-8-16-14(9-11)13-10-12(18-3)5-6-15(13)19-4;/h2*5-9H,1-4H3;/q2*-1;+2. The van der Waals surface area contributed by atoms with E-state index in [2.05, 4.69) is 22.1 Å². The van der Waals surface area contributed by atoms with Crippen molar-refractivity contribution in [3.05, 3.63) is 73.1 Å². The molecule has 0 saturated heterocycles. The molecule has 8 nitrogen and oxygen atoms in total. The summed E-state index contributed by atoms with van der Waals surface area (Å²) in [6.07, 6.45) is 3.55. The van der Waals surface area contributed by atoms with Crippen LogP contribution < -0.4 is 28.7 Å². The predicted molar refractivity (Wildman–Crippen MR) is 152 cm³/mol. The third kappa shape index (κ3) is 8.11. The summed E-state index contributed by atoms with van der Waals surface area (Å²) in [5, 5.41) is 0. The number of nitrogens with zero attached hydrogens (tertiary/aromatic N) is 4. The van der Waals surface area contributed by atoms with Gasteiger partial charge in [0, 0.05) is 75.0 Å². The molecule has 0 aliphatic carbocycles. The average Bonchev–Trinajstić information content (AvgIpc) is 2.96. The summed E-state index contributed by atoms with van der Waals surface area (Å²) >= 11 is 0. The minimum atomic E-state index is 0. The van der Waals surface area contributed by atoms with Crippen molar-refractivity contribution >= 4 is 11.4 Å². The SMILES string of the molecule is COc1[c-]c(-c2cc(N(C)C)ccn2)c(OC)cc1.COc1[c-]c(-c2cc(N(C)C)ccn2)c(OC)cc1.[Pt+2]. The van der Waals surface area contributed by atoms with E-state index in [9.17, 15) is 0 Å². The molecule has 208 valence electrons. The Morgan fingerprint density at radius 3 is 1.26 bits per heavy atom. The van der Waals surface area contributed by atoms with Crippen LogP contribution in [0.4, 0.5) is 11.4 Å². The summed E-state index contributed by atoms with van der Waals surface area (Å²) in [4.78, 5) is 12.8. The Hall–Kier alpha value is -3.77. The summed E-state index contributed by atoms with van der Waals surface area (Å²) in [5.41, 5.74) is 5.35. The van der Waals surface area contributed by atoms with Crippen LogP contribution in [0.2, 0.25) is 0 Å². The number of ether oxygens (including phenoxy) is 4. The van der Waals surface area contributed by atoms with E-state index in [-0.39, 0.29) is 21.1 Å². The molecule has 0 N–H and O–H groups in total. The van der Waals surface area contributed by atoms with Crippen LogP contribution in [0, 0.1) is 12.1 Å². The number of aromatic nitrogens is 2. The number of pyridine rings is 2. The van der Waals surface area contributed by atoms with Crippen LogP contribution in [-0.4, -0.2) is 66.6 Å². The molecule has 0 aliphatic heterocycles. The van der Waals surface area contributed by atoms with Gasteiger partial charge in [0.15, 0.2) is 0 Å². The zero-order chi connectivity index (χ0) is 27.7. The minimum Gasteiger partial charge on any atom is -0.540 e. The topological polar surface area (TPSA) is 69.2 Å². The van der Waals surface area contributed by atoms with Gasteiger partial charge in [-0.3, -0.25) is 0 Å². The molecule has 39 heavy (non-hydrogen) atoms. The molecule has 0 fully saturated rings. The molecule has 2 aromatic heterocycles. The second-order valence-corrected chi connectivity index (χ2v) is 8.53. The first-order chi connectivity index (χ1) is 18.3. The first kappa shape index (κ1) is 31.4. The first-order valence-corrected chi connectivity index (χ1v) is 11.9. The Morgan fingerprint density at radius 2 is 0.949 bits per heavy atom. The molecule has 0 amide bonds. The molecule has 4 aromatic rings. The zero-order valence-corrected chi connectivity index (χ0v) is 25.8. The molecule has 0 radical (unpaired) electrons. The zero-order valence-electron chi connectivity index (χ0n) is 23.5. The molecule has 0 saturated carbocycles. The monoisotopic (exact) mass is 709 g/mol. The van der Waals surface area contributed by atoms with Gasteiger partial charge in [0.25, 0.3) is 0 Å². The van der Waals surface area contributed by atoms with Crippen LogP contribution in [-0.2, 0) is 21.1 Å². The van der Waals surface area contributed by atoms with Gasteiger partial charge in [0.2, 0.25) is 0 Å². The maximum absolute atomic E-state index is 5.36. The van der Waals surface area contributed by atoms with E-state index in [4.69, 9.17) is 18.9 Å². The molecular formula is C30H34N4O4Pt. The van der Waals surface area contributed by atoms with Crippen LogP contribution in [0.1, 0.15) is 0 Å². The van der Waals surface area contributed by atoms with Gasteiger partial charge in [-0.2, -0.15) is 0 Å². The minimum absolute atomic E-state index is 0. The van der Waals surface area contributed by atoms with Gasteiger partial charge in [-0.1, -0.05) is 47.5 Å². The van der Waals surface area contributed by atoms with Gasteiger partial charge in [-0.15, -0.1) is 12.1 Å². The molecule has 2 heterocycles. The molecule has 0 aliphatic rings. The van der Waals surface area contributed by atoms with Gasteiger partial charge >= 0.3 is 21.1 Å². The Kier molecular flexibility index (Phi) is 12.1. The Balaban J connectivity index is 0.000000267. The third-order valence-corrected chi connectivity index (χ3v) is 5.67. The van der Waals surface area contributed by atoms with Gasteiger partial charge in [-0.25, -0.2) is 0 Å². The average molecular weight is 710 g/mol. The van der Waals surface area contributed by atoms with Crippen LogP contribution in [0.25, 0.3) is 22.5 Å². The van der Waals surface area contributed by atoms with Gasteiger partial charge in [-0.05, 0) is 23.5 Å². The molecule has 4 rings (SSSR count). The quantitative estimate of drug-likeness (QED) is 0.230. The second kappa shape index (κ2) is 15.0. The second-order valence-electron chi connectivity index (χ2n) is 8.53. The number of anilines is 2. The normalized spacial score (nSPS) is 9.85. The summed E-state index contributed by atoms with van der Waals surface area (Å²) in [6, 6.07) is 21.6. The van der Waals surface area contributed by atoms with E-state index < -0.39 is 0 Å². The largest absolute Gasteiger partial charge is 2.00 e. The van der Waals surface area contributed by atoms with E-state index in [1.807, 2.05) is 86.5 Å². The summed E-state index contributed by atoms with van der Waals surface area (Å²) < 4.78 is 21.1. The van der Waals surface area contributed by atoms with E-state index in [0.717, 1.165) is 45.4 Å². The number of hydrogen-bond donors (Lipinski definition) is 0. The van der Waals surface area contributed by atoms with Crippen LogP contribution in [0.15, 0.2) is 60.9 Å². The van der Waals surface area contributed by atoms with Crippen LogP contribution in [0.5, 0.6) is 23.0 Å². The maximum atomic E-state index is 5.36. The van der Waals surface area contributed by atoms with Crippen LogP contribution >= 0.6 is 0 Å². The summed E-state index contributed by atoms with van der Waals surface area (Å²) in [7, 11) is 14.5. The number of methoxy groups -OCH3 is 4. The Bertz CT molecular complexity index is 1250. The first-order valence-electron chi connectivity index (χ1n) is 11.9. The van der Waals surface area contributed by atoms with Crippen LogP contribution in [0.3, 0.4) is 0 Å². The van der Waals surface area contributed by atoms with Crippen molar-refractivity contribution in [3.63, 3.8) is 0 Å². The van der Waals surface area contributed by atoms with Crippen molar-refractivity contribution in [2.24, 2.45) is 0 Å². The number of benzene rings is 2. The molecule has 0 bridgehead atoms. The van der Waals surface area contributed by atoms with Crippen molar-refractivity contribution in [2.45, 2.75) is 0 Å². The van der Waals surface area contributed by atoms with E-state index >= 15 is 0 Å². The molecule has 0 spiro atoms. The maximum Gasteiger partial charge on any atom is 2.00 e. The third-order valence-electron chi connectivity index (χ3n) is 5.67. The Morgan fingerprint density at radius 1 is 0.564 bits per heavy atom. The van der Waals surface area contributed by atoms with Crippen molar-refractivity contribution in [3.8, 4) is 45.5 Å². The van der Waals surface area contributed by atoms with E-state index in [1.165, 1.54) is 0 Å². The predicted octanol–water partition coefficient (Wildman–Crippen LogP) is 5.26. The fraction of sp³-hybridized carbons (Fsp3) is 0.267. The molecule has 9 heteroatoms. The van der Waals surface area contributed by atoms with Crippen molar-refractivity contribution < 1.29 is 40.0 Å². The summed E-state index contributed by atoms with van der Waals surface area (Å²) in [5.74, 6) is 2.77. The molecule has 0 unspecified atom stereocenters.